The highest BCUT2D eigenvalue weighted by molar-refractivity contribution is 6.31. The van der Waals surface area contributed by atoms with Gasteiger partial charge in [0.1, 0.15) is 19.0 Å². The largest absolute Gasteiger partial charge is 0.489 e. The quantitative estimate of drug-likeness (QED) is 0.134. The number of amides is 1. The van der Waals surface area contributed by atoms with E-state index >= 15 is 0 Å². The van der Waals surface area contributed by atoms with Crippen LogP contribution >= 0.6 is 23.2 Å². The van der Waals surface area contributed by atoms with Crippen LogP contribution in [0.4, 0.5) is 24.5 Å². The van der Waals surface area contributed by atoms with E-state index in [0.29, 0.717) is 27.6 Å². The van der Waals surface area contributed by atoms with Gasteiger partial charge in [-0.25, -0.2) is 4.79 Å². The second-order valence-electron chi connectivity index (χ2n) is 9.46. The molecule has 3 aromatic rings. The monoisotopic (exact) mass is 607 g/mol. The lowest BCUT2D eigenvalue weighted by Gasteiger charge is -2.33. The molecular weight excluding hydrogens is 582 g/mol. The molecule has 12 heteroatoms. The molecule has 0 radical (unpaired) electrons. The fourth-order valence-electron chi connectivity index (χ4n) is 4.11. The molecule has 1 aliphatic heterocycles. The summed E-state index contributed by atoms with van der Waals surface area (Å²) >= 11 is 12.8. The van der Waals surface area contributed by atoms with Gasteiger partial charge in [-0.1, -0.05) is 53.5 Å². The Morgan fingerprint density at radius 1 is 1.07 bits per heavy atom. The number of hydrogen-bond donors (Lipinski definition) is 2. The molecule has 7 nitrogen and oxygen atoms in total. The van der Waals surface area contributed by atoms with E-state index in [1.165, 1.54) is 24.1 Å². The summed E-state index contributed by atoms with van der Waals surface area (Å²) in [6.07, 6.45) is -2.70. The van der Waals surface area contributed by atoms with Crippen LogP contribution in [0.1, 0.15) is 29.2 Å². The summed E-state index contributed by atoms with van der Waals surface area (Å²) < 4.78 is 49.4. The van der Waals surface area contributed by atoms with Crippen LogP contribution in [0.3, 0.4) is 0 Å². The first kappa shape index (κ1) is 30.2. The molecule has 0 saturated heterocycles. The molecule has 2 unspecified atom stereocenters. The van der Waals surface area contributed by atoms with Gasteiger partial charge in [0.2, 0.25) is 0 Å². The fraction of sp³-hybridized carbons (Fsp3) is 0.241. The number of fused-ring (bicyclic) bond motifs is 1. The van der Waals surface area contributed by atoms with Gasteiger partial charge in [0.25, 0.3) is 5.91 Å². The highest BCUT2D eigenvalue weighted by Gasteiger charge is 2.33. The van der Waals surface area contributed by atoms with Crippen molar-refractivity contribution < 1.29 is 32.2 Å². The number of alkyl halides is 4. The molecule has 0 spiro atoms. The van der Waals surface area contributed by atoms with Gasteiger partial charge in [-0.3, -0.25) is 4.79 Å². The minimum absolute atomic E-state index is 0.0348. The number of hydrogen-bond acceptors (Lipinski definition) is 6. The smallest absolute Gasteiger partial charge is 0.416 e. The molecule has 3 N–H and O–H groups in total. The van der Waals surface area contributed by atoms with E-state index in [9.17, 15) is 22.8 Å². The number of esters is 1. The molecule has 3 aromatic carbocycles. The SMILES string of the molecule is CN(C(=O)C(N)C(=O)OCc1ccc(C(F)(F)F)cc1)c1ccccc1COC1=Cc2cc(Cl)ccc2NC1(C)Cl. The Labute approximate surface area is 244 Å². The number of rotatable bonds is 8. The molecule has 0 saturated carbocycles. The van der Waals surface area contributed by atoms with E-state index < -0.39 is 34.7 Å². The van der Waals surface area contributed by atoms with Gasteiger partial charge in [0.05, 0.1) is 5.56 Å². The van der Waals surface area contributed by atoms with Crippen LogP contribution in [-0.4, -0.2) is 30.0 Å². The van der Waals surface area contributed by atoms with Crippen molar-refractivity contribution in [1.82, 2.24) is 0 Å². The van der Waals surface area contributed by atoms with E-state index in [-0.39, 0.29) is 13.2 Å². The summed E-state index contributed by atoms with van der Waals surface area (Å²) in [7, 11) is 1.45. The number of benzene rings is 3. The topological polar surface area (TPSA) is 93.9 Å². The van der Waals surface area contributed by atoms with E-state index in [0.717, 1.165) is 23.4 Å². The van der Waals surface area contributed by atoms with Gasteiger partial charge in [0.15, 0.2) is 11.0 Å². The maximum atomic E-state index is 13.1. The van der Waals surface area contributed by atoms with Crippen molar-refractivity contribution in [3.63, 3.8) is 0 Å². The van der Waals surface area contributed by atoms with Gasteiger partial charge >= 0.3 is 12.1 Å². The lowest BCUT2D eigenvalue weighted by molar-refractivity contribution is -0.149. The third-order valence-electron chi connectivity index (χ3n) is 6.38. The highest BCUT2D eigenvalue weighted by atomic mass is 35.5. The molecule has 0 aliphatic carbocycles. The normalized spacial score (nSPS) is 17.0. The molecule has 4 rings (SSSR count). The second-order valence-corrected chi connectivity index (χ2v) is 10.7. The van der Waals surface area contributed by atoms with Gasteiger partial charge in [-0.2, -0.15) is 13.2 Å². The Bertz CT molecular complexity index is 1480. The standard InChI is InChI=1S/C29H26Cl2F3N3O4/c1-28(31)24(14-19-13-21(30)11-12-22(19)36-28)40-16-18-5-3-4-6-23(18)37(2)26(38)25(35)27(39)41-15-17-7-9-20(10-8-17)29(32,33)34/h3-14,25,36H,15-16,35H2,1-2H3. The fourth-order valence-corrected chi connectivity index (χ4v) is 4.50. The summed E-state index contributed by atoms with van der Waals surface area (Å²) in [6, 6.07) is 14.7. The third-order valence-corrected chi connectivity index (χ3v) is 6.90. The van der Waals surface area contributed by atoms with E-state index in [1.54, 1.807) is 49.4 Å². The average Bonchev–Trinajstić information content (AvgIpc) is 2.93. The van der Waals surface area contributed by atoms with Gasteiger partial charge in [-0.15, -0.1) is 0 Å². The van der Waals surface area contributed by atoms with E-state index in [4.69, 9.17) is 38.4 Å². The first-order valence-corrected chi connectivity index (χ1v) is 13.1. The zero-order chi connectivity index (χ0) is 29.9. The maximum Gasteiger partial charge on any atom is 0.416 e. The number of ether oxygens (including phenoxy) is 2. The van der Waals surface area contributed by atoms with Crippen molar-refractivity contribution in [2.45, 2.75) is 37.4 Å². The number of carbonyl (C=O) groups is 2. The number of carbonyl (C=O) groups excluding carboxylic acids is 2. The van der Waals surface area contributed by atoms with Gasteiger partial charge in [-0.05, 0) is 55.0 Å². The first-order chi connectivity index (χ1) is 19.3. The van der Waals surface area contributed by atoms with Crippen LogP contribution in [0, 0.1) is 0 Å². The number of nitrogens with two attached hydrogens (primary N) is 1. The van der Waals surface area contributed by atoms with Crippen LogP contribution in [-0.2, 0) is 38.5 Å². The van der Waals surface area contributed by atoms with Crippen molar-refractivity contribution in [2.24, 2.45) is 5.73 Å². The summed E-state index contributed by atoms with van der Waals surface area (Å²) in [6.45, 7) is 1.43. The second kappa shape index (κ2) is 12.0. The molecule has 216 valence electrons. The van der Waals surface area contributed by atoms with E-state index in [1.807, 2.05) is 6.07 Å². The molecule has 0 bridgehead atoms. The van der Waals surface area contributed by atoms with Crippen molar-refractivity contribution in [3.8, 4) is 0 Å². The number of anilines is 2. The minimum Gasteiger partial charge on any atom is -0.489 e. The Kier molecular flexibility index (Phi) is 8.86. The number of nitrogens with one attached hydrogen (secondary N) is 1. The zero-order valence-corrected chi connectivity index (χ0v) is 23.5. The van der Waals surface area contributed by atoms with Crippen LogP contribution in [0.15, 0.2) is 72.5 Å². The third kappa shape index (κ3) is 7.13. The lowest BCUT2D eigenvalue weighted by atomic mass is 10.0. The van der Waals surface area contributed by atoms with Crippen molar-refractivity contribution in [3.05, 3.63) is 99.8 Å². The predicted molar refractivity (Wildman–Crippen MR) is 151 cm³/mol. The summed E-state index contributed by atoms with van der Waals surface area (Å²) in [5.41, 5.74) is 8.01. The molecule has 1 aliphatic rings. The average molecular weight is 608 g/mol. The van der Waals surface area contributed by atoms with E-state index in [2.05, 4.69) is 5.32 Å². The molecule has 1 heterocycles. The molecule has 0 aromatic heterocycles. The van der Waals surface area contributed by atoms with Gasteiger partial charge in [0, 0.05) is 34.6 Å². The van der Waals surface area contributed by atoms with Crippen LogP contribution in [0.5, 0.6) is 0 Å². The minimum atomic E-state index is -4.48. The maximum absolute atomic E-state index is 13.1. The van der Waals surface area contributed by atoms with Crippen LogP contribution in [0.2, 0.25) is 5.02 Å². The first-order valence-electron chi connectivity index (χ1n) is 12.3. The summed E-state index contributed by atoms with van der Waals surface area (Å²) in [5.74, 6) is -1.34. The molecular formula is C29H26Cl2F3N3O4. The Balaban J connectivity index is 1.41. The molecule has 0 fully saturated rings. The molecule has 2 atom stereocenters. The number of nitrogens with zero attached hydrogens (tertiary/aromatic N) is 1. The van der Waals surface area contributed by atoms with Crippen molar-refractivity contribution in [1.29, 1.82) is 0 Å². The van der Waals surface area contributed by atoms with Crippen LogP contribution < -0.4 is 16.0 Å². The number of para-hydroxylation sites is 1. The predicted octanol–water partition coefficient (Wildman–Crippen LogP) is 6.33. The Morgan fingerprint density at radius 2 is 1.76 bits per heavy atom. The Morgan fingerprint density at radius 3 is 2.44 bits per heavy atom. The van der Waals surface area contributed by atoms with Crippen molar-refractivity contribution >= 4 is 52.5 Å². The molecule has 41 heavy (non-hydrogen) atoms. The molecule has 1 amide bonds. The van der Waals surface area contributed by atoms with Crippen molar-refractivity contribution in [2.75, 3.05) is 17.3 Å². The Hall–Kier alpha value is -3.73. The summed E-state index contributed by atoms with van der Waals surface area (Å²) in [5, 5.41) is 3.75. The number of likely N-dealkylation sites (N-methyl/N-ethyl adjacent to an activating group) is 1. The number of halogens is 5. The van der Waals surface area contributed by atoms with Crippen LogP contribution in [0.25, 0.3) is 6.08 Å². The zero-order valence-electron chi connectivity index (χ0n) is 22.0. The summed E-state index contributed by atoms with van der Waals surface area (Å²) in [4.78, 5) is 25.7. The lowest BCUT2D eigenvalue weighted by Crippen LogP contribution is -2.48. The van der Waals surface area contributed by atoms with Gasteiger partial charge < -0.3 is 25.4 Å². The highest BCUT2D eigenvalue weighted by Crippen LogP contribution is 2.38.